The van der Waals surface area contributed by atoms with Gasteiger partial charge in [-0.15, -0.1) is 23.1 Å². The normalized spacial score (nSPS) is 11.0. The molecule has 0 amide bonds. The van der Waals surface area contributed by atoms with Crippen molar-refractivity contribution in [1.29, 1.82) is 0 Å². The van der Waals surface area contributed by atoms with Gasteiger partial charge in [-0.2, -0.15) is 4.98 Å². The van der Waals surface area contributed by atoms with Gasteiger partial charge in [0.05, 0.1) is 15.3 Å². The first-order valence-electron chi connectivity index (χ1n) is 6.02. The Balaban J connectivity index is 1.47. The Morgan fingerprint density at radius 2 is 2.35 bits per heavy atom. The maximum absolute atomic E-state index is 5.58. The van der Waals surface area contributed by atoms with Crippen molar-refractivity contribution in [3.05, 3.63) is 29.6 Å². The first-order valence-corrected chi connectivity index (χ1v) is 8.70. The highest BCUT2D eigenvalue weighted by Crippen LogP contribution is 2.27. The molecule has 104 valence electrons. The van der Waals surface area contributed by atoms with E-state index in [1.165, 1.54) is 11.3 Å². The minimum atomic E-state index is 0.616. The van der Waals surface area contributed by atoms with Crippen molar-refractivity contribution in [1.82, 2.24) is 15.1 Å². The standard InChI is InChI=1S/C12H12N4OS3/c13-12-14-7-10(20-12)19-6-2-4-9-15-11(16-17-9)8-3-1-5-18-8/h1,3,5,7H,2,4,6H2,(H2,13,14). The zero-order chi connectivity index (χ0) is 13.8. The molecule has 0 aliphatic heterocycles. The lowest BCUT2D eigenvalue weighted by Gasteiger charge is -1.95. The second-order valence-corrected chi connectivity index (χ2v) is 7.36. The molecule has 0 radical (unpaired) electrons. The van der Waals surface area contributed by atoms with E-state index in [4.69, 9.17) is 10.3 Å². The van der Waals surface area contributed by atoms with Gasteiger partial charge in [-0.1, -0.05) is 22.6 Å². The molecule has 0 spiro atoms. The summed E-state index contributed by atoms with van der Waals surface area (Å²) in [7, 11) is 0. The Morgan fingerprint density at radius 3 is 3.10 bits per heavy atom. The molecule has 0 unspecified atom stereocenters. The lowest BCUT2D eigenvalue weighted by Crippen LogP contribution is -1.87. The molecule has 2 N–H and O–H groups in total. The van der Waals surface area contributed by atoms with E-state index in [-0.39, 0.29) is 0 Å². The summed E-state index contributed by atoms with van der Waals surface area (Å²) in [5, 5.41) is 6.61. The van der Waals surface area contributed by atoms with Crippen LogP contribution in [0.2, 0.25) is 0 Å². The number of hydrogen-bond donors (Lipinski definition) is 1. The number of rotatable bonds is 6. The number of anilines is 1. The average Bonchev–Trinajstić information content (AvgIpc) is 3.16. The number of hydrogen-bond acceptors (Lipinski definition) is 8. The molecule has 8 heteroatoms. The Labute approximate surface area is 128 Å². The lowest BCUT2D eigenvalue weighted by atomic mass is 10.3. The number of nitrogens with zero attached hydrogens (tertiary/aromatic N) is 3. The molecule has 0 saturated carbocycles. The molecule has 0 atom stereocenters. The number of aryl methyl sites for hydroxylation is 1. The SMILES string of the molecule is Nc1ncc(SCCCc2nc(-c3cccs3)no2)s1. The van der Waals surface area contributed by atoms with Crippen LogP contribution in [-0.4, -0.2) is 20.9 Å². The lowest BCUT2D eigenvalue weighted by molar-refractivity contribution is 0.378. The van der Waals surface area contributed by atoms with E-state index in [0.29, 0.717) is 16.8 Å². The van der Waals surface area contributed by atoms with Crippen LogP contribution in [0, 0.1) is 0 Å². The van der Waals surface area contributed by atoms with E-state index >= 15 is 0 Å². The van der Waals surface area contributed by atoms with Gasteiger partial charge >= 0.3 is 0 Å². The third-order valence-corrected chi connectivity index (χ3v) is 5.46. The highest BCUT2D eigenvalue weighted by Gasteiger charge is 2.09. The number of aromatic nitrogens is 3. The number of thioether (sulfide) groups is 1. The predicted octanol–water partition coefficient (Wildman–Crippen LogP) is 3.56. The van der Waals surface area contributed by atoms with Crippen molar-refractivity contribution < 1.29 is 4.52 Å². The van der Waals surface area contributed by atoms with Gasteiger partial charge in [0.25, 0.3) is 0 Å². The predicted molar refractivity (Wildman–Crippen MR) is 83.2 cm³/mol. The van der Waals surface area contributed by atoms with Gasteiger partial charge in [-0.25, -0.2) is 4.98 Å². The molecule has 3 rings (SSSR count). The first kappa shape index (κ1) is 13.6. The summed E-state index contributed by atoms with van der Waals surface area (Å²) in [6.07, 6.45) is 3.58. The van der Waals surface area contributed by atoms with Crippen LogP contribution in [0.15, 0.2) is 32.4 Å². The van der Waals surface area contributed by atoms with E-state index in [9.17, 15) is 0 Å². The highest BCUT2D eigenvalue weighted by atomic mass is 32.2. The van der Waals surface area contributed by atoms with Crippen LogP contribution in [-0.2, 0) is 6.42 Å². The third kappa shape index (κ3) is 3.38. The zero-order valence-electron chi connectivity index (χ0n) is 10.5. The zero-order valence-corrected chi connectivity index (χ0v) is 12.9. The van der Waals surface area contributed by atoms with Crippen LogP contribution < -0.4 is 5.73 Å². The van der Waals surface area contributed by atoms with Crippen LogP contribution in [0.5, 0.6) is 0 Å². The Morgan fingerprint density at radius 1 is 1.40 bits per heavy atom. The molecule has 0 aromatic carbocycles. The van der Waals surface area contributed by atoms with Crippen LogP contribution in [0.4, 0.5) is 5.13 Å². The van der Waals surface area contributed by atoms with Crippen molar-refractivity contribution in [2.45, 2.75) is 17.1 Å². The largest absolute Gasteiger partial charge is 0.375 e. The topological polar surface area (TPSA) is 77.8 Å². The minimum Gasteiger partial charge on any atom is -0.375 e. The summed E-state index contributed by atoms with van der Waals surface area (Å²) in [6.45, 7) is 0. The molecule has 0 saturated heterocycles. The van der Waals surface area contributed by atoms with Crippen LogP contribution in [0.1, 0.15) is 12.3 Å². The van der Waals surface area contributed by atoms with E-state index < -0.39 is 0 Å². The maximum atomic E-state index is 5.58. The number of thiazole rings is 1. The molecule has 0 bridgehead atoms. The van der Waals surface area contributed by atoms with E-state index in [2.05, 4.69) is 15.1 Å². The Bertz CT molecular complexity index is 662. The molecule has 0 aliphatic carbocycles. The molecule has 20 heavy (non-hydrogen) atoms. The van der Waals surface area contributed by atoms with E-state index in [1.54, 1.807) is 23.1 Å². The Hall–Kier alpha value is -1.38. The van der Waals surface area contributed by atoms with Gasteiger partial charge in [0.2, 0.25) is 11.7 Å². The van der Waals surface area contributed by atoms with Crippen molar-refractivity contribution in [2.75, 3.05) is 11.5 Å². The monoisotopic (exact) mass is 324 g/mol. The van der Waals surface area contributed by atoms with Crippen molar-refractivity contribution >= 4 is 39.6 Å². The molecule has 3 aromatic heterocycles. The van der Waals surface area contributed by atoms with Crippen molar-refractivity contribution in [3.63, 3.8) is 0 Å². The average molecular weight is 324 g/mol. The number of thiophene rings is 1. The van der Waals surface area contributed by atoms with Gasteiger partial charge < -0.3 is 10.3 Å². The molecule has 3 heterocycles. The summed E-state index contributed by atoms with van der Waals surface area (Å²) in [5.41, 5.74) is 5.58. The fourth-order valence-electron chi connectivity index (χ4n) is 1.60. The molecule has 3 aromatic rings. The quantitative estimate of drug-likeness (QED) is 0.552. The molecular formula is C12H12N4OS3. The van der Waals surface area contributed by atoms with Gasteiger partial charge in [0.15, 0.2) is 5.13 Å². The number of nitrogens with two attached hydrogens (primary N) is 1. The summed E-state index contributed by atoms with van der Waals surface area (Å²) in [4.78, 5) is 9.45. The molecular weight excluding hydrogens is 312 g/mol. The van der Waals surface area contributed by atoms with Crippen molar-refractivity contribution in [2.24, 2.45) is 0 Å². The summed E-state index contributed by atoms with van der Waals surface area (Å²) in [5.74, 6) is 2.36. The van der Waals surface area contributed by atoms with Crippen LogP contribution in [0.3, 0.4) is 0 Å². The summed E-state index contributed by atoms with van der Waals surface area (Å²) < 4.78 is 6.40. The van der Waals surface area contributed by atoms with Crippen molar-refractivity contribution in [3.8, 4) is 10.7 Å². The van der Waals surface area contributed by atoms with E-state index in [0.717, 1.165) is 27.7 Å². The van der Waals surface area contributed by atoms with Crippen LogP contribution in [0.25, 0.3) is 10.7 Å². The van der Waals surface area contributed by atoms with Gasteiger partial charge in [0.1, 0.15) is 0 Å². The maximum Gasteiger partial charge on any atom is 0.227 e. The second-order valence-electron chi connectivity index (χ2n) is 3.96. The van der Waals surface area contributed by atoms with Crippen LogP contribution >= 0.6 is 34.4 Å². The fourth-order valence-corrected chi connectivity index (χ4v) is 4.02. The van der Waals surface area contributed by atoms with Gasteiger partial charge in [0, 0.05) is 6.42 Å². The second kappa shape index (κ2) is 6.38. The smallest absolute Gasteiger partial charge is 0.227 e. The number of nitrogen functional groups attached to an aromatic ring is 1. The highest BCUT2D eigenvalue weighted by molar-refractivity contribution is 8.01. The molecule has 5 nitrogen and oxygen atoms in total. The minimum absolute atomic E-state index is 0.616. The van der Waals surface area contributed by atoms with Gasteiger partial charge in [-0.3, -0.25) is 0 Å². The van der Waals surface area contributed by atoms with E-state index in [1.807, 2.05) is 23.7 Å². The third-order valence-electron chi connectivity index (χ3n) is 2.49. The molecule has 0 aliphatic rings. The first-order chi connectivity index (χ1) is 9.81. The Kier molecular flexibility index (Phi) is 4.34. The summed E-state index contributed by atoms with van der Waals surface area (Å²) in [6, 6.07) is 3.97. The molecule has 0 fully saturated rings. The summed E-state index contributed by atoms with van der Waals surface area (Å²) >= 11 is 4.88. The van der Waals surface area contributed by atoms with Gasteiger partial charge in [-0.05, 0) is 23.6 Å². The fraction of sp³-hybridized carbons (Fsp3) is 0.250.